The van der Waals surface area contributed by atoms with E-state index in [1.165, 1.54) is 0 Å². The van der Waals surface area contributed by atoms with Gasteiger partial charge in [-0.1, -0.05) is 49.0 Å². The number of nitrogens with zero attached hydrogens (tertiary/aromatic N) is 1. The molecule has 25 heavy (non-hydrogen) atoms. The summed E-state index contributed by atoms with van der Waals surface area (Å²) in [7, 11) is 0. The number of benzene rings is 2. The first-order chi connectivity index (χ1) is 12.2. The van der Waals surface area contributed by atoms with Crippen molar-refractivity contribution in [1.29, 1.82) is 0 Å². The van der Waals surface area contributed by atoms with Crippen molar-refractivity contribution in [1.82, 2.24) is 21.0 Å². The number of aromatic nitrogens is 2. The van der Waals surface area contributed by atoms with Crippen LogP contribution < -0.4 is 10.9 Å². The molecule has 5 heteroatoms. The highest BCUT2D eigenvalue weighted by Gasteiger charge is 2.21. The van der Waals surface area contributed by atoms with Gasteiger partial charge in [-0.25, -0.2) is 0 Å². The number of aromatic amines is 1. The fraction of sp³-hybridized carbons (Fsp3) is 0.200. The summed E-state index contributed by atoms with van der Waals surface area (Å²) in [6, 6.07) is 14.1. The number of hydrazine groups is 1. The predicted octanol–water partition coefficient (Wildman–Crippen LogP) is 3.35. The quantitative estimate of drug-likeness (QED) is 0.642. The standard InChI is InChI=1S/C20H20N4O/c1-13(15-11-6-8-14-7-2-3-9-16(14)15)21-24-20(25)19-17-10-4-5-12-18(17)22-23-19/h2-3,6-9,11,21H,1,4-5,10,12H2,(H,22,23)(H,24,25). The average Bonchev–Trinajstić information content (AvgIpc) is 3.09. The second kappa shape index (κ2) is 6.43. The fourth-order valence-corrected chi connectivity index (χ4v) is 3.42. The van der Waals surface area contributed by atoms with E-state index in [4.69, 9.17) is 0 Å². The number of hydrogen-bond acceptors (Lipinski definition) is 3. The van der Waals surface area contributed by atoms with Crippen LogP contribution in [-0.2, 0) is 12.8 Å². The lowest BCUT2D eigenvalue weighted by Crippen LogP contribution is -2.36. The summed E-state index contributed by atoms with van der Waals surface area (Å²) in [6.45, 7) is 4.06. The summed E-state index contributed by atoms with van der Waals surface area (Å²) in [6.07, 6.45) is 4.11. The molecule has 1 aromatic heterocycles. The van der Waals surface area contributed by atoms with Gasteiger partial charge in [0.25, 0.3) is 5.91 Å². The van der Waals surface area contributed by atoms with E-state index in [1.54, 1.807) is 0 Å². The van der Waals surface area contributed by atoms with Gasteiger partial charge in [-0.2, -0.15) is 5.10 Å². The molecule has 1 heterocycles. The van der Waals surface area contributed by atoms with E-state index < -0.39 is 0 Å². The van der Waals surface area contributed by atoms with Crippen LogP contribution in [0.2, 0.25) is 0 Å². The Bertz CT molecular complexity index is 952. The number of fused-ring (bicyclic) bond motifs is 2. The van der Waals surface area contributed by atoms with Gasteiger partial charge < -0.3 is 0 Å². The minimum atomic E-state index is -0.235. The highest BCUT2D eigenvalue weighted by Crippen LogP contribution is 2.23. The summed E-state index contributed by atoms with van der Waals surface area (Å²) in [5.41, 5.74) is 9.88. The molecular weight excluding hydrogens is 312 g/mol. The Kier molecular flexibility index (Phi) is 3.98. The molecular formula is C20H20N4O. The van der Waals surface area contributed by atoms with E-state index in [-0.39, 0.29) is 5.91 Å². The third kappa shape index (κ3) is 2.89. The lowest BCUT2D eigenvalue weighted by molar-refractivity contribution is 0.0936. The number of amides is 1. The number of carbonyl (C=O) groups is 1. The first-order valence-corrected chi connectivity index (χ1v) is 8.53. The molecule has 0 unspecified atom stereocenters. The van der Waals surface area contributed by atoms with Gasteiger partial charge in [0.2, 0.25) is 0 Å². The second-order valence-electron chi connectivity index (χ2n) is 6.32. The van der Waals surface area contributed by atoms with Crippen LogP contribution in [0.15, 0.2) is 49.0 Å². The van der Waals surface area contributed by atoms with E-state index in [0.29, 0.717) is 11.4 Å². The number of H-pyrrole nitrogens is 1. The summed E-state index contributed by atoms with van der Waals surface area (Å²) in [5.74, 6) is -0.235. The van der Waals surface area contributed by atoms with Crippen molar-refractivity contribution in [3.8, 4) is 0 Å². The van der Waals surface area contributed by atoms with Crippen LogP contribution in [0.3, 0.4) is 0 Å². The van der Waals surface area contributed by atoms with Crippen molar-refractivity contribution < 1.29 is 4.79 Å². The third-order valence-corrected chi connectivity index (χ3v) is 4.71. The van der Waals surface area contributed by atoms with E-state index >= 15 is 0 Å². The minimum Gasteiger partial charge on any atom is -0.298 e. The highest BCUT2D eigenvalue weighted by molar-refractivity contribution is 5.96. The maximum Gasteiger partial charge on any atom is 0.290 e. The monoisotopic (exact) mass is 332 g/mol. The second-order valence-corrected chi connectivity index (χ2v) is 6.32. The summed E-state index contributed by atoms with van der Waals surface area (Å²) in [5, 5.41) is 9.41. The first-order valence-electron chi connectivity index (χ1n) is 8.53. The molecule has 1 aliphatic rings. The van der Waals surface area contributed by atoms with Gasteiger partial charge in [-0.3, -0.25) is 20.7 Å². The van der Waals surface area contributed by atoms with Crippen LogP contribution in [0, 0.1) is 0 Å². The molecule has 0 fully saturated rings. The van der Waals surface area contributed by atoms with E-state index in [2.05, 4.69) is 39.8 Å². The molecule has 2 aromatic carbocycles. The molecule has 0 saturated carbocycles. The molecule has 1 aliphatic carbocycles. The van der Waals surface area contributed by atoms with Gasteiger partial charge in [-0.15, -0.1) is 0 Å². The Labute approximate surface area is 146 Å². The van der Waals surface area contributed by atoms with Gasteiger partial charge >= 0.3 is 0 Å². The molecule has 1 amide bonds. The van der Waals surface area contributed by atoms with Gasteiger partial charge in [0.05, 0.1) is 5.70 Å². The molecule has 0 saturated heterocycles. The molecule has 3 aromatic rings. The zero-order valence-electron chi connectivity index (χ0n) is 13.9. The molecule has 4 rings (SSSR count). The van der Waals surface area contributed by atoms with Crippen molar-refractivity contribution in [2.45, 2.75) is 25.7 Å². The number of nitrogens with one attached hydrogen (secondary N) is 3. The zero-order chi connectivity index (χ0) is 17.2. The van der Waals surface area contributed by atoms with Crippen LogP contribution in [-0.4, -0.2) is 16.1 Å². The molecule has 0 aliphatic heterocycles. The maximum atomic E-state index is 12.5. The lowest BCUT2D eigenvalue weighted by atomic mass is 9.96. The Balaban J connectivity index is 1.50. The third-order valence-electron chi connectivity index (χ3n) is 4.71. The Morgan fingerprint density at radius 2 is 1.84 bits per heavy atom. The van der Waals surface area contributed by atoms with Crippen LogP contribution in [0.5, 0.6) is 0 Å². The molecule has 0 atom stereocenters. The van der Waals surface area contributed by atoms with Gasteiger partial charge in [0.1, 0.15) is 0 Å². The van der Waals surface area contributed by atoms with Crippen molar-refractivity contribution in [2.24, 2.45) is 0 Å². The zero-order valence-corrected chi connectivity index (χ0v) is 13.9. The number of aryl methyl sites for hydroxylation is 1. The van der Waals surface area contributed by atoms with Crippen LogP contribution in [0.4, 0.5) is 0 Å². The van der Waals surface area contributed by atoms with Gasteiger partial charge in [-0.05, 0) is 36.5 Å². The lowest BCUT2D eigenvalue weighted by Gasteiger charge is -2.14. The Hall–Kier alpha value is -3.08. The molecule has 0 bridgehead atoms. The number of hydrogen-bond donors (Lipinski definition) is 3. The SMILES string of the molecule is C=C(NNC(=O)c1n[nH]c2c1CCCC2)c1cccc2ccccc12. The topological polar surface area (TPSA) is 69.8 Å². The van der Waals surface area contributed by atoms with E-state index in [1.807, 2.05) is 30.3 Å². The van der Waals surface area contributed by atoms with Crippen molar-refractivity contribution in [3.63, 3.8) is 0 Å². The van der Waals surface area contributed by atoms with Gasteiger partial charge in [0, 0.05) is 16.8 Å². The predicted molar refractivity (Wildman–Crippen MR) is 98.8 cm³/mol. The summed E-state index contributed by atoms with van der Waals surface area (Å²) < 4.78 is 0. The molecule has 3 N–H and O–H groups in total. The molecule has 126 valence electrons. The van der Waals surface area contributed by atoms with Crippen LogP contribution >= 0.6 is 0 Å². The number of rotatable bonds is 4. The first kappa shape index (κ1) is 15.4. The minimum absolute atomic E-state index is 0.235. The van der Waals surface area contributed by atoms with E-state index in [0.717, 1.165) is 53.3 Å². The summed E-state index contributed by atoms with van der Waals surface area (Å²) >= 11 is 0. The molecule has 0 spiro atoms. The van der Waals surface area contributed by atoms with Gasteiger partial charge in [0.15, 0.2) is 5.69 Å². The van der Waals surface area contributed by atoms with Crippen molar-refractivity contribution in [2.75, 3.05) is 0 Å². The van der Waals surface area contributed by atoms with Crippen LogP contribution in [0.1, 0.15) is 40.2 Å². The van der Waals surface area contributed by atoms with Crippen molar-refractivity contribution in [3.05, 3.63) is 71.6 Å². The normalized spacial score (nSPS) is 13.3. The summed E-state index contributed by atoms with van der Waals surface area (Å²) in [4.78, 5) is 12.5. The average molecular weight is 332 g/mol. The highest BCUT2D eigenvalue weighted by atomic mass is 16.2. The fourth-order valence-electron chi connectivity index (χ4n) is 3.42. The maximum absolute atomic E-state index is 12.5. The smallest absolute Gasteiger partial charge is 0.290 e. The van der Waals surface area contributed by atoms with E-state index in [9.17, 15) is 4.79 Å². The number of carbonyl (C=O) groups excluding carboxylic acids is 1. The van der Waals surface area contributed by atoms with Crippen LogP contribution in [0.25, 0.3) is 16.5 Å². The molecule has 0 radical (unpaired) electrons. The Morgan fingerprint density at radius 3 is 2.76 bits per heavy atom. The van der Waals surface area contributed by atoms with Crippen molar-refractivity contribution >= 4 is 22.4 Å². The Morgan fingerprint density at radius 1 is 1.04 bits per heavy atom. The largest absolute Gasteiger partial charge is 0.298 e. The molecule has 5 nitrogen and oxygen atoms in total.